The number of nitrogens with two attached hydrogens (primary N) is 1. The van der Waals surface area contributed by atoms with Crippen molar-refractivity contribution in [2.45, 2.75) is 38.0 Å². The van der Waals surface area contributed by atoms with Crippen molar-refractivity contribution in [3.63, 3.8) is 0 Å². The Morgan fingerprint density at radius 3 is 2.88 bits per heavy atom. The molecule has 7 heteroatoms. The summed E-state index contributed by atoms with van der Waals surface area (Å²) in [5.74, 6) is 1.55. The lowest BCUT2D eigenvalue weighted by Gasteiger charge is -2.41. The Bertz CT molecular complexity index is 825. The summed E-state index contributed by atoms with van der Waals surface area (Å²) in [6.07, 6.45) is 6.93. The number of benzene rings is 1. The molecular formula is C19H23N5O2. The number of hydrogen-bond donors (Lipinski definition) is 1. The van der Waals surface area contributed by atoms with Gasteiger partial charge in [-0.2, -0.15) is 4.98 Å². The molecule has 26 heavy (non-hydrogen) atoms. The highest BCUT2D eigenvalue weighted by atomic mass is 16.5. The van der Waals surface area contributed by atoms with Gasteiger partial charge in [-0.3, -0.25) is 0 Å². The highest BCUT2D eigenvalue weighted by molar-refractivity contribution is 5.14. The third-order valence-electron chi connectivity index (χ3n) is 4.98. The zero-order chi connectivity index (χ0) is 18.0. The molecule has 1 aliphatic carbocycles. The molecule has 1 aromatic carbocycles. The monoisotopic (exact) mass is 353 g/mol. The van der Waals surface area contributed by atoms with E-state index in [2.05, 4.69) is 27.3 Å². The first-order chi connectivity index (χ1) is 12.6. The fourth-order valence-electron chi connectivity index (χ4n) is 3.42. The van der Waals surface area contributed by atoms with Gasteiger partial charge in [-0.05, 0) is 31.2 Å². The Labute approximate surface area is 152 Å². The second-order valence-corrected chi connectivity index (χ2v) is 7.07. The van der Waals surface area contributed by atoms with Crippen molar-refractivity contribution in [1.82, 2.24) is 19.7 Å². The van der Waals surface area contributed by atoms with E-state index < -0.39 is 5.54 Å². The molecule has 2 heterocycles. The van der Waals surface area contributed by atoms with Crippen LogP contribution in [0.25, 0.3) is 0 Å². The van der Waals surface area contributed by atoms with E-state index in [4.69, 9.17) is 15.0 Å². The summed E-state index contributed by atoms with van der Waals surface area (Å²) in [6, 6.07) is 10.1. The van der Waals surface area contributed by atoms with Crippen molar-refractivity contribution in [2.24, 2.45) is 11.7 Å². The zero-order valence-corrected chi connectivity index (χ0v) is 14.8. The number of rotatable bonds is 7. The fraction of sp³-hybridized carbons (Fsp3) is 0.421. The molecule has 0 amide bonds. The average Bonchev–Trinajstić information content (AvgIpc) is 3.32. The first-order valence-corrected chi connectivity index (χ1v) is 8.86. The maximum absolute atomic E-state index is 6.46. The Hall–Kier alpha value is -2.51. The first-order valence-electron chi connectivity index (χ1n) is 8.86. The largest absolute Gasteiger partial charge is 0.376 e. The number of imidazole rings is 1. The van der Waals surface area contributed by atoms with Gasteiger partial charge < -0.3 is 19.6 Å². The molecule has 3 aromatic rings. The van der Waals surface area contributed by atoms with Crippen molar-refractivity contribution in [3.05, 3.63) is 66.3 Å². The molecule has 1 aliphatic rings. The number of hydrogen-bond acceptors (Lipinski definition) is 6. The van der Waals surface area contributed by atoms with E-state index in [1.165, 1.54) is 5.56 Å². The van der Waals surface area contributed by atoms with Crippen LogP contribution in [0.2, 0.25) is 0 Å². The van der Waals surface area contributed by atoms with Gasteiger partial charge in [-0.1, -0.05) is 35.5 Å². The molecule has 4 rings (SSSR count). The zero-order valence-electron chi connectivity index (χ0n) is 14.8. The third-order valence-corrected chi connectivity index (χ3v) is 4.98. The lowest BCUT2D eigenvalue weighted by molar-refractivity contribution is 0.00994. The predicted molar refractivity (Wildman–Crippen MR) is 95.0 cm³/mol. The molecule has 2 N–H and O–H groups in total. The maximum Gasteiger partial charge on any atom is 0.246 e. The molecule has 1 fully saturated rings. The molecule has 7 nitrogen and oxygen atoms in total. The van der Waals surface area contributed by atoms with Gasteiger partial charge in [0.25, 0.3) is 0 Å². The lowest BCUT2D eigenvalue weighted by atomic mass is 9.69. The molecule has 2 aromatic heterocycles. The van der Waals surface area contributed by atoms with Crippen molar-refractivity contribution < 1.29 is 9.26 Å². The molecule has 1 unspecified atom stereocenters. The lowest BCUT2D eigenvalue weighted by Crippen LogP contribution is -2.50. The van der Waals surface area contributed by atoms with Gasteiger partial charge >= 0.3 is 0 Å². The van der Waals surface area contributed by atoms with E-state index in [0.717, 1.165) is 12.8 Å². The smallest absolute Gasteiger partial charge is 0.246 e. The number of nitrogens with zero attached hydrogens (tertiary/aromatic N) is 4. The summed E-state index contributed by atoms with van der Waals surface area (Å²) < 4.78 is 13.2. The van der Waals surface area contributed by atoms with E-state index >= 15 is 0 Å². The second kappa shape index (κ2) is 7.01. The van der Waals surface area contributed by atoms with Crippen LogP contribution in [0.15, 0.2) is 53.6 Å². The van der Waals surface area contributed by atoms with E-state index in [0.29, 0.717) is 30.8 Å². The summed E-state index contributed by atoms with van der Waals surface area (Å²) in [6.45, 7) is 3.32. The van der Waals surface area contributed by atoms with Crippen molar-refractivity contribution >= 4 is 0 Å². The van der Waals surface area contributed by atoms with Gasteiger partial charge in [0, 0.05) is 12.4 Å². The van der Waals surface area contributed by atoms with Crippen LogP contribution in [-0.4, -0.2) is 26.3 Å². The van der Waals surface area contributed by atoms with Crippen LogP contribution in [0.1, 0.15) is 43.1 Å². The van der Waals surface area contributed by atoms with Crippen LogP contribution in [-0.2, 0) is 16.9 Å². The Kier molecular flexibility index (Phi) is 4.57. The maximum atomic E-state index is 6.46. The summed E-state index contributed by atoms with van der Waals surface area (Å²) in [4.78, 5) is 8.58. The van der Waals surface area contributed by atoms with Crippen LogP contribution in [0.4, 0.5) is 0 Å². The number of aromatic nitrogens is 4. The Morgan fingerprint density at radius 1 is 1.35 bits per heavy atom. The van der Waals surface area contributed by atoms with Crippen LogP contribution in [0, 0.1) is 5.92 Å². The van der Waals surface area contributed by atoms with E-state index in [1.807, 2.05) is 35.9 Å². The predicted octanol–water partition coefficient (Wildman–Crippen LogP) is 2.66. The normalized spacial score (nSPS) is 23.5. The molecule has 1 saturated carbocycles. The van der Waals surface area contributed by atoms with Crippen LogP contribution in [0.3, 0.4) is 0 Å². The van der Waals surface area contributed by atoms with Crippen molar-refractivity contribution in [3.8, 4) is 0 Å². The van der Waals surface area contributed by atoms with E-state index in [-0.39, 0.29) is 6.04 Å². The summed E-state index contributed by atoms with van der Waals surface area (Å²) in [5, 5.41) is 4.10. The van der Waals surface area contributed by atoms with E-state index in [1.54, 1.807) is 12.5 Å². The van der Waals surface area contributed by atoms with Crippen LogP contribution >= 0.6 is 0 Å². The van der Waals surface area contributed by atoms with Gasteiger partial charge in [0.05, 0.1) is 31.1 Å². The minimum absolute atomic E-state index is 0.0383. The van der Waals surface area contributed by atoms with Crippen molar-refractivity contribution in [1.29, 1.82) is 0 Å². The summed E-state index contributed by atoms with van der Waals surface area (Å²) in [5.41, 5.74) is 7.10. The molecule has 136 valence electrons. The Morgan fingerprint density at radius 2 is 2.15 bits per heavy atom. The SMILES string of the molecule is CC(c1noc(C2(N)CC(COCc3ccccc3)C2)n1)n1ccnc1. The second-order valence-electron chi connectivity index (χ2n) is 7.07. The molecule has 0 spiro atoms. The van der Waals surface area contributed by atoms with Crippen LogP contribution in [0.5, 0.6) is 0 Å². The molecule has 1 atom stereocenters. The average molecular weight is 353 g/mol. The first kappa shape index (κ1) is 16.9. The van der Waals surface area contributed by atoms with Crippen molar-refractivity contribution in [2.75, 3.05) is 6.61 Å². The minimum Gasteiger partial charge on any atom is -0.376 e. The molecule has 0 bridgehead atoms. The van der Waals surface area contributed by atoms with Gasteiger partial charge in [-0.25, -0.2) is 4.98 Å². The molecule has 0 radical (unpaired) electrons. The van der Waals surface area contributed by atoms with E-state index in [9.17, 15) is 0 Å². The highest BCUT2D eigenvalue weighted by Crippen LogP contribution is 2.43. The topological polar surface area (TPSA) is 92.0 Å². The minimum atomic E-state index is -0.541. The van der Waals surface area contributed by atoms with Gasteiger partial charge in [0.1, 0.15) is 0 Å². The quantitative estimate of drug-likeness (QED) is 0.702. The summed E-state index contributed by atoms with van der Waals surface area (Å²) in [7, 11) is 0. The molecule has 0 aliphatic heterocycles. The highest BCUT2D eigenvalue weighted by Gasteiger charge is 2.46. The van der Waals surface area contributed by atoms with Crippen LogP contribution < -0.4 is 5.73 Å². The van der Waals surface area contributed by atoms with Gasteiger partial charge in [0.2, 0.25) is 5.89 Å². The number of ether oxygens (including phenoxy) is 1. The van der Waals surface area contributed by atoms with Gasteiger partial charge in [0.15, 0.2) is 5.82 Å². The third kappa shape index (κ3) is 3.40. The molecule has 0 saturated heterocycles. The Balaban J connectivity index is 1.29. The fourth-order valence-corrected chi connectivity index (χ4v) is 3.42. The van der Waals surface area contributed by atoms with Gasteiger partial charge in [-0.15, -0.1) is 0 Å². The standard InChI is InChI=1S/C19H23N5O2/c1-14(24-8-7-21-13-24)17-22-18(26-23-17)19(20)9-16(10-19)12-25-11-15-5-3-2-4-6-15/h2-8,13-14,16H,9-12,20H2,1H3. The summed E-state index contributed by atoms with van der Waals surface area (Å²) >= 11 is 0. The molecular weight excluding hydrogens is 330 g/mol.